The molecule has 0 aliphatic rings. The van der Waals surface area contributed by atoms with Crippen molar-refractivity contribution < 1.29 is 9.13 Å². The van der Waals surface area contributed by atoms with E-state index in [1.165, 1.54) is 6.07 Å². The Bertz CT molecular complexity index is 728. The number of anilines is 1. The highest BCUT2D eigenvalue weighted by molar-refractivity contribution is 5.75. The van der Waals surface area contributed by atoms with E-state index >= 15 is 0 Å². The molecule has 1 aromatic carbocycles. The Balaban J connectivity index is 1.90. The zero-order valence-corrected chi connectivity index (χ0v) is 9.67. The minimum atomic E-state index is -0.346. The Kier molecular flexibility index (Phi) is 2.67. The van der Waals surface area contributed by atoms with Gasteiger partial charge >= 0.3 is 0 Å². The number of halogens is 1. The summed E-state index contributed by atoms with van der Waals surface area (Å²) in [5.41, 5.74) is 6.59. The van der Waals surface area contributed by atoms with Gasteiger partial charge in [-0.15, -0.1) is 10.2 Å². The minimum absolute atomic E-state index is 0.0185. The van der Waals surface area contributed by atoms with Crippen LogP contribution in [0.25, 0.3) is 11.2 Å². The lowest BCUT2D eigenvalue weighted by Gasteiger charge is -2.06. The SMILES string of the molecule is Nc1nc(OCc2ccccc2F)c2n[nH]nc2n1. The van der Waals surface area contributed by atoms with E-state index in [1.54, 1.807) is 18.2 Å². The predicted octanol–water partition coefficient (Wildman–Crippen LogP) is 1.05. The van der Waals surface area contributed by atoms with Crippen molar-refractivity contribution in [3.8, 4) is 5.88 Å². The fourth-order valence-corrected chi connectivity index (χ4v) is 1.60. The molecule has 0 unspecified atom stereocenters. The van der Waals surface area contributed by atoms with Gasteiger partial charge in [-0.05, 0) is 6.07 Å². The first-order valence-corrected chi connectivity index (χ1v) is 5.44. The number of aromatic amines is 1. The van der Waals surface area contributed by atoms with E-state index in [1.807, 2.05) is 0 Å². The van der Waals surface area contributed by atoms with Gasteiger partial charge in [-0.1, -0.05) is 18.2 Å². The largest absolute Gasteiger partial charge is 0.471 e. The second-order valence-electron chi connectivity index (χ2n) is 3.76. The molecule has 8 heteroatoms. The number of nitrogens with one attached hydrogen (secondary N) is 1. The molecule has 0 atom stereocenters. The molecule has 7 nitrogen and oxygen atoms in total. The Hall–Kier alpha value is -2.77. The molecule has 96 valence electrons. The van der Waals surface area contributed by atoms with Crippen molar-refractivity contribution in [1.82, 2.24) is 25.4 Å². The summed E-state index contributed by atoms with van der Waals surface area (Å²) in [6.07, 6.45) is 0. The molecule has 0 bridgehead atoms. The van der Waals surface area contributed by atoms with Gasteiger partial charge in [0.1, 0.15) is 12.4 Å². The summed E-state index contributed by atoms with van der Waals surface area (Å²) in [6, 6.07) is 6.32. The molecule has 19 heavy (non-hydrogen) atoms. The number of nitrogens with zero attached hydrogens (tertiary/aromatic N) is 4. The Labute approximate surface area is 106 Å². The number of H-pyrrole nitrogens is 1. The molecule has 0 amide bonds. The summed E-state index contributed by atoms with van der Waals surface area (Å²) in [4.78, 5) is 7.79. The van der Waals surface area contributed by atoms with Crippen LogP contribution in [0.1, 0.15) is 5.56 Å². The highest BCUT2D eigenvalue weighted by Gasteiger charge is 2.12. The maximum Gasteiger partial charge on any atom is 0.249 e. The summed E-state index contributed by atoms with van der Waals surface area (Å²) >= 11 is 0. The van der Waals surface area contributed by atoms with Crippen LogP contribution in [0.2, 0.25) is 0 Å². The van der Waals surface area contributed by atoms with E-state index in [9.17, 15) is 4.39 Å². The second-order valence-corrected chi connectivity index (χ2v) is 3.76. The zero-order valence-electron chi connectivity index (χ0n) is 9.67. The van der Waals surface area contributed by atoms with Crippen molar-refractivity contribution in [2.75, 3.05) is 5.73 Å². The molecule has 0 aliphatic carbocycles. The predicted molar refractivity (Wildman–Crippen MR) is 64.6 cm³/mol. The fraction of sp³-hybridized carbons (Fsp3) is 0.0909. The van der Waals surface area contributed by atoms with E-state index in [0.29, 0.717) is 16.7 Å². The number of aromatic nitrogens is 5. The van der Waals surface area contributed by atoms with Crippen LogP contribution >= 0.6 is 0 Å². The van der Waals surface area contributed by atoms with E-state index in [4.69, 9.17) is 10.5 Å². The smallest absolute Gasteiger partial charge is 0.249 e. The van der Waals surface area contributed by atoms with E-state index in [-0.39, 0.29) is 24.3 Å². The molecule has 0 saturated carbocycles. The van der Waals surface area contributed by atoms with E-state index < -0.39 is 0 Å². The molecule has 3 aromatic rings. The average molecular weight is 260 g/mol. The molecule has 0 spiro atoms. The van der Waals surface area contributed by atoms with Crippen molar-refractivity contribution in [3.63, 3.8) is 0 Å². The van der Waals surface area contributed by atoms with E-state index in [2.05, 4.69) is 25.4 Å². The molecule has 3 N–H and O–H groups in total. The van der Waals surface area contributed by atoms with Crippen LogP contribution in [0.5, 0.6) is 5.88 Å². The van der Waals surface area contributed by atoms with Crippen molar-refractivity contribution in [2.24, 2.45) is 0 Å². The summed E-state index contributed by atoms with van der Waals surface area (Å²) in [5, 5.41) is 10.1. The third kappa shape index (κ3) is 2.15. The van der Waals surface area contributed by atoms with Crippen molar-refractivity contribution >= 4 is 17.1 Å². The van der Waals surface area contributed by atoms with Gasteiger partial charge in [0.2, 0.25) is 17.5 Å². The first kappa shape index (κ1) is 11.3. The molecule has 0 saturated heterocycles. The highest BCUT2D eigenvalue weighted by atomic mass is 19.1. The molecular formula is C11H9FN6O. The number of rotatable bonds is 3. The first-order valence-electron chi connectivity index (χ1n) is 5.44. The normalized spacial score (nSPS) is 10.8. The van der Waals surface area contributed by atoms with Gasteiger partial charge in [0.05, 0.1) is 0 Å². The lowest BCUT2D eigenvalue weighted by molar-refractivity contribution is 0.291. The minimum Gasteiger partial charge on any atom is -0.471 e. The number of nitrogens with two attached hydrogens (primary N) is 1. The standard InChI is InChI=1S/C11H9FN6O/c12-7-4-2-1-3-6(7)5-19-10-8-9(17-18-16-8)14-11(13)15-10/h1-4H,5H2,(H3,13,14,15,16,17,18). The second kappa shape index (κ2) is 4.48. The Morgan fingerprint density at radius 3 is 2.89 bits per heavy atom. The third-order valence-corrected chi connectivity index (χ3v) is 2.49. The van der Waals surface area contributed by atoms with Crippen LogP contribution in [-0.2, 0) is 6.61 Å². The highest BCUT2D eigenvalue weighted by Crippen LogP contribution is 2.20. The monoisotopic (exact) mass is 260 g/mol. The van der Waals surface area contributed by atoms with Crippen LogP contribution in [0, 0.1) is 5.82 Å². The number of benzene rings is 1. The van der Waals surface area contributed by atoms with Crippen molar-refractivity contribution in [1.29, 1.82) is 0 Å². The lowest BCUT2D eigenvalue weighted by atomic mass is 10.2. The Morgan fingerprint density at radius 2 is 2.05 bits per heavy atom. The molecule has 0 aliphatic heterocycles. The maximum atomic E-state index is 13.5. The number of fused-ring (bicyclic) bond motifs is 1. The van der Waals surface area contributed by atoms with Gasteiger partial charge in [-0.2, -0.15) is 15.2 Å². The fourth-order valence-electron chi connectivity index (χ4n) is 1.60. The van der Waals surface area contributed by atoms with Gasteiger partial charge in [-0.25, -0.2) is 4.39 Å². The summed E-state index contributed by atoms with van der Waals surface area (Å²) in [6.45, 7) is 0.0189. The van der Waals surface area contributed by atoms with Crippen LogP contribution in [0.4, 0.5) is 10.3 Å². The quantitative estimate of drug-likeness (QED) is 0.729. The number of nitrogen functional groups attached to an aromatic ring is 1. The maximum absolute atomic E-state index is 13.5. The van der Waals surface area contributed by atoms with Crippen LogP contribution in [-0.4, -0.2) is 25.4 Å². The number of hydrogen-bond acceptors (Lipinski definition) is 6. The van der Waals surface area contributed by atoms with Gasteiger partial charge < -0.3 is 10.5 Å². The first-order chi connectivity index (χ1) is 9.24. The Morgan fingerprint density at radius 1 is 1.21 bits per heavy atom. The summed E-state index contributed by atoms with van der Waals surface area (Å²) in [5.74, 6) is -0.162. The molecule has 2 heterocycles. The van der Waals surface area contributed by atoms with Crippen LogP contribution in [0.3, 0.4) is 0 Å². The van der Waals surface area contributed by atoms with E-state index in [0.717, 1.165) is 0 Å². The number of ether oxygens (including phenoxy) is 1. The summed E-state index contributed by atoms with van der Waals surface area (Å²) in [7, 11) is 0. The molecule has 0 radical (unpaired) electrons. The van der Waals surface area contributed by atoms with Gasteiger partial charge in [0, 0.05) is 5.56 Å². The number of hydrogen-bond donors (Lipinski definition) is 2. The molecule has 3 rings (SSSR count). The van der Waals surface area contributed by atoms with Gasteiger partial charge in [0.25, 0.3) is 0 Å². The van der Waals surface area contributed by atoms with Gasteiger partial charge in [0.15, 0.2) is 5.52 Å². The topological polar surface area (TPSA) is 103 Å². The van der Waals surface area contributed by atoms with Crippen LogP contribution < -0.4 is 10.5 Å². The third-order valence-electron chi connectivity index (χ3n) is 2.49. The van der Waals surface area contributed by atoms with Crippen molar-refractivity contribution in [3.05, 3.63) is 35.6 Å². The summed E-state index contributed by atoms with van der Waals surface area (Å²) < 4.78 is 18.9. The lowest BCUT2D eigenvalue weighted by Crippen LogP contribution is -2.03. The molecule has 2 aromatic heterocycles. The molecular weight excluding hydrogens is 251 g/mol. The molecule has 0 fully saturated rings. The van der Waals surface area contributed by atoms with Gasteiger partial charge in [-0.3, -0.25) is 0 Å². The van der Waals surface area contributed by atoms with Crippen molar-refractivity contribution in [2.45, 2.75) is 6.61 Å². The zero-order chi connectivity index (χ0) is 13.2. The van der Waals surface area contributed by atoms with Crippen LogP contribution in [0.15, 0.2) is 24.3 Å². The average Bonchev–Trinajstić information content (AvgIpc) is 2.85.